The van der Waals surface area contributed by atoms with E-state index >= 15 is 0 Å². The normalized spacial score (nSPS) is 10.2. The van der Waals surface area contributed by atoms with Crippen molar-refractivity contribution in [3.8, 4) is 17.2 Å². The van der Waals surface area contributed by atoms with Crippen LogP contribution in [0.15, 0.2) is 42.5 Å². The summed E-state index contributed by atoms with van der Waals surface area (Å²) in [5.74, 6) is 2.41. The Morgan fingerprint density at radius 3 is 2.19 bits per heavy atom. The second-order valence-corrected chi connectivity index (χ2v) is 4.62. The van der Waals surface area contributed by atoms with Gasteiger partial charge in [0.15, 0.2) is 0 Å². The molecule has 0 aliphatic heterocycles. The van der Waals surface area contributed by atoms with Gasteiger partial charge >= 0.3 is 0 Å². The van der Waals surface area contributed by atoms with Gasteiger partial charge in [-0.05, 0) is 23.8 Å². The quantitative estimate of drug-likeness (QED) is 0.851. The van der Waals surface area contributed by atoms with Crippen molar-refractivity contribution in [1.82, 2.24) is 0 Å². The molecule has 0 bridgehead atoms. The van der Waals surface area contributed by atoms with Crippen molar-refractivity contribution in [1.29, 1.82) is 0 Å². The molecule has 0 aromatic heterocycles. The lowest BCUT2D eigenvalue weighted by molar-refractivity contribution is 0.315. The van der Waals surface area contributed by atoms with Crippen LogP contribution in [-0.4, -0.2) is 20.8 Å². The number of rotatable bonds is 7. The first-order valence-electron chi connectivity index (χ1n) is 6.89. The van der Waals surface area contributed by atoms with Crippen LogP contribution in [0.25, 0.3) is 0 Å². The van der Waals surface area contributed by atoms with E-state index in [1.807, 2.05) is 42.5 Å². The summed E-state index contributed by atoms with van der Waals surface area (Å²) >= 11 is 0. The Bertz CT molecular complexity index is 567. The number of hydrogen-bond donors (Lipinski definition) is 1. The van der Waals surface area contributed by atoms with E-state index in [4.69, 9.17) is 19.9 Å². The van der Waals surface area contributed by atoms with Gasteiger partial charge in [-0.2, -0.15) is 0 Å². The van der Waals surface area contributed by atoms with E-state index in [0.29, 0.717) is 13.2 Å². The number of nitrogens with two attached hydrogens (primary N) is 1. The Morgan fingerprint density at radius 1 is 0.905 bits per heavy atom. The molecule has 0 amide bonds. The van der Waals surface area contributed by atoms with Crippen molar-refractivity contribution in [3.05, 3.63) is 53.6 Å². The van der Waals surface area contributed by atoms with E-state index in [1.54, 1.807) is 14.2 Å². The zero-order valence-electron chi connectivity index (χ0n) is 12.5. The lowest BCUT2D eigenvalue weighted by Crippen LogP contribution is -2.06. The molecule has 0 spiro atoms. The van der Waals surface area contributed by atoms with Crippen molar-refractivity contribution in [2.75, 3.05) is 20.8 Å². The van der Waals surface area contributed by atoms with E-state index < -0.39 is 0 Å². The fourth-order valence-electron chi connectivity index (χ4n) is 2.04. The molecule has 2 aromatic carbocycles. The summed E-state index contributed by atoms with van der Waals surface area (Å²) in [7, 11) is 3.30. The molecule has 0 saturated carbocycles. The molecule has 0 aliphatic carbocycles. The molecule has 112 valence electrons. The van der Waals surface area contributed by atoms with E-state index in [9.17, 15) is 0 Å². The van der Waals surface area contributed by atoms with E-state index in [0.717, 1.165) is 29.2 Å². The van der Waals surface area contributed by atoms with Gasteiger partial charge in [0.25, 0.3) is 0 Å². The van der Waals surface area contributed by atoms with Crippen molar-refractivity contribution >= 4 is 0 Å². The summed E-state index contributed by atoms with van der Waals surface area (Å²) in [4.78, 5) is 0. The lowest BCUT2D eigenvalue weighted by atomic mass is 10.1. The molecule has 4 nitrogen and oxygen atoms in total. The molecule has 0 aliphatic rings. The summed E-state index contributed by atoms with van der Waals surface area (Å²) in [6, 6.07) is 13.7. The van der Waals surface area contributed by atoms with Crippen LogP contribution >= 0.6 is 0 Å². The van der Waals surface area contributed by atoms with Crippen LogP contribution in [0.2, 0.25) is 0 Å². The van der Waals surface area contributed by atoms with Gasteiger partial charge in [0.05, 0.1) is 20.8 Å². The van der Waals surface area contributed by atoms with Crippen molar-refractivity contribution < 1.29 is 14.2 Å². The molecule has 0 atom stereocenters. The molecular formula is C17H21NO3. The van der Waals surface area contributed by atoms with Crippen LogP contribution in [0.4, 0.5) is 0 Å². The Labute approximate surface area is 125 Å². The van der Waals surface area contributed by atoms with Gasteiger partial charge in [-0.15, -0.1) is 0 Å². The van der Waals surface area contributed by atoms with E-state index in [-0.39, 0.29) is 0 Å². The van der Waals surface area contributed by atoms with Crippen molar-refractivity contribution in [2.45, 2.75) is 13.0 Å². The number of benzene rings is 2. The maximum Gasteiger partial charge on any atom is 0.127 e. The first-order valence-corrected chi connectivity index (χ1v) is 6.89. The zero-order valence-corrected chi connectivity index (χ0v) is 12.5. The molecule has 2 aromatic rings. The van der Waals surface area contributed by atoms with Crippen LogP contribution in [-0.2, 0) is 13.0 Å². The molecule has 4 heteroatoms. The zero-order chi connectivity index (χ0) is 15.1. The van der Waals surface area contributed by atoms with E-state index in [1.165, 1.54) is 5.56 Å². The van der Waals surface area contributed by atoms with Crippen LogP contribution in [0.1, 0.15) is 11.1 Å². The van der Waals surface area contributed by atoms with Crippen LogP contribution in [0.5, 0.6) is 17.2 Å². The highest BCUT2D eigenvalue weighted by atomic mass is 16.5. The smallest absolute Gasteiger partial charge is 0.127 e. The summed E-state index contributed by atoms with van der Waals surface area (Å²) in [6.07, 6.45) is 0.825. The molecule has 0 saturated heterocycles. The SMILES string of the molecule is COc1ccc(CCOc2cc(OC)ccc2CN)cc1. The molecule has 21 heavy (non-hydrogen) atoms. The monoisotopic (exact) mass is 287 g/mol. The molecule has 2 rings (SSSR count). The van der Waals surface area contributed by atoms with Crippen LogP contribution in [0.3, 0.4) is 0 Å². The summed E-state index contributed by atoms with van der Waals surface area (Å²) in [5.41, 5.74) is 7.90. The molecule has 0 radical (unpaired) electrons. The molecule has 0 heterocycles. The van der Waals surface area contributed by atoms with Gasteiger partial charge in [-0.3, -0.25) is 0 Å². The maximum atomic E-state index is 5.84. The van der Waals surface area contributed by atoms with Gasteiger partial charge in [0.2, 0.25) is 0 Å². The van der Waals surface area contributed by atoms with Crippen molar-refractivity contribution in [3.63, 3.8) is 0 Å². The standard InChI is InChI=1S/C17H21NO3/c1-19-15-6-3-13(4-7-15)9-10-21-17-11-16(20-2)8-5-14(17)12-18/h3-8,11H,9-10,12,18H2,1-2H3. The van der Waals surface area contributed by atoms with Gasteiger partial charge in [-0.1, -0.05) is 18.2 Å². The predicted molar refractivity (Wildman–Crippen MR) is 83.1 cm³/mol. The largest absolute Gasteiger partial charge is 0.497 e. The first kappa shape index (κ1) is 15.2. The molecule has 0 fully saturated rings. The third kappa shape index (κ3) is 4.13. The van der Waals surface area contributed by atoms with Gasteiger partial charge in [0, 0.05) is 24.6 Å². The average molecular weight is 287 g/mol. The van der Waals surface area contributed by atoms with Crippen LogP contribution < -0.4 is 19.9 Å². The number of hydrogen-bond acceptors (Lipinski definition) is 4. The minimum absolute atomic E-state index is 0.446. The Balaban J connectivity index is 1.95. The minimum atomic E-state index is 0.446. The Kier molecular flexibility index (Phi) is 5.46. The van der Waals surface area contributed by atoms with Gasteiger partial charge < -0.3 is 19.9 Å². The maximum absolute atomic E-state index is 5.84. The number of methoxy groups -OCH3 is 2. The second-order valence-electron chi connectivity index (χ2n) is 4.62. The van der Waals surface area contributed by atoms with Gasteiger partial charge in [0.1, 0.15) is 17.2 Å². The third-order valence-electron chi connectivity index (χ3n) is 3.30. The first-order chi connectivity index (χ1) is 10.3. The second kappa shape index (κ2) is 7.55. The molecule has 0 unspecified atom stereocenters. The summed E-state index contributed by atoms with van der Waals surface area (Å²) < 4.78 is 16.2. The summed E-state index contributed by atoms with van der Waals surface area (Å²) in [6.45, 7) is 1.04. The fraction of sp³-hybridized carbons (Fsp3) is 0.294. The number of ether oxygens (including phenoxy) is 3. The van der Waals surface area contributed by atoms with Gasteiger partial charge in [-0.25, -0.2) is 0 Å². The van der Waals surface area contributed by atoms with Crippen LogP contribution in [0, 0.1) is 0 Å². The molecule has 2 N–H and O–H groups in total. The average Bonchev–Trinajstić information content (AvgIpc) is 2.55. The highest BCUT2D eigenvalue weighted by Crippen LogP contribution is 2.24. The topological polar surface area (TPSA) is 53.7 Å². The van der Waals surface area contributed by atoms with E-state index in [2.05, 4.69) is 0 Å². The lowest BCUT2D eigenvalue weighted by Gasteiger charge is -2.12. The third-order valence-corrected chi connectivity index (χ3v) is 3.30. The highest BCUT2D eigenvalue weighted by molar-refractivity contribution is 5.40. The Morgan fingerprint density at radius 2 is 1.57 bits per heavy atom. The molecular weight excluding hydrogens is 266 g/mol. The predicted octanol–water partition coefficient (Wildman–Crippen LogP) is 2.78. The highest BCUT2D eigenvalue weighted by Gasteiger charge is 2.05. The fourth-order valence-corrected chi connectivity index (χ4v) is 2.04. The Hall–Kier alpha value is -2.20. The minimum Gasteiger partial charge on any atom is -0.497 e. The van der Waals surface area contributed by atoms with Crippen molar-refractivity contribution in [2.24, 2.45) is 5.73 Å². The summed E-state index contributed by atoms with van der Waals surface area (Å²) in [5, 5.41) is 0.